The number of carbonyl (C=O) groups excluding carboxylic acids is 1. The van der Waals surface area contributed by atoms with Crippen LogP contribution in [-0.4, -0.2) is 30.3 Å². The highest BCUT2D eigenvalue weighted by atomic mass is 32.2. The van der Waals surface area contributed by atoms with Crippen molar-refractivity contribution in [3.8, 4) is 0 Å². The van der Waals surface area contributed by atoms with E-state index in [1.165, 1.54) is 12.1 Å². The Morgan fingerprint density at radius 1 is 1.15 bits per heavy atom. The van der Waals surface area contributed by atoms with Crippen LogP contribution in [0.3, 0.4) is 0 Å². The summed E-state index contributed by atoms with van der Waals surface area (Å²) in [6.07, 6.45) is 4.79. The number of amides is 1. The van der Waals surface area contributed by atoms with Crippen molar-refractivity contribution in [3.63, 3.8) is 0 Å². The first-order valence-corrected chi connectivity index (χ1v) is 9.90. The van der Waals surface area contributed by atoms with Gasteiger partial charge in [-0.3, -0.25) is 4.79 Å². The van der Waals surface area contributed by atoms with Crippen LogP contribution in [0, 0.1) is 0 Å². The number of sulfonamides is 1. The number of nitrogens with zero attached hydrogens (tertiary/aromatic N) is 2. The molecule has 1 amide bonds. The number of nitrogens with one attached hydrogen (secondary N) is 2. The summed E-state index contributed by atoms with van der Waals surface area (Å²) in [4.78, 5) is 21.0. The third kappa shape index (κ3) is 4.44. The highest BCUT2D eigenvalue weighted by Crippen LogP contribution is 2.23. The molecule has 1 aromatic carbocycles. The average Bonchev–Trinajstić information content (AvgIpc) is 3.38. The summed E-state index contributed by atoms with van der Waals surface area (Å²) < 4.78 is 27.2. The van der Waals surface area contributed by atoms with E-state index in [-0.39, 0.29) is 21.9 Å². The molecule has 0 saturated heterocycles. The Morgan fingerprint density at radius 3 is 2.38 bits per heavy atom. The largest absolute Gasteiger partial charge is 0.319 e. The maximum absolute atomic E-state index is 12.4. The minimum Gasteiger partial charge on any atom is -0.319 e. The Morgan fingerprint density at radius 2 is 1.81 bits per heavy atom. The second kappa shape index (κ2) is 6.77. The fraction of sp³-hybridized carbons (Fsp3) is 0.389. The Balaban J connectivity index is 1.75. The zero-order valence-electron chi connectivity index (χ0n) is 15.0. The van der Waals surface area contributed by atoms with Crippen LogP contribution in [0.2, 0.25) is 0 Å². The quantitative estimate of drug-likeness (QED) is 0.837. The van der Waals surface area contributed by atoms with E-state index in [9.17, 15) is 13.2 Å². The number of carbonyl (C=O) groups is 1. The molecule has 2 aromatic rings. The van der Waals surface area contributed by atoms with Crippen molar-refractivity contribution in [3.05, 3.63) is 48.0 Å². The van der Waals surface area contributed by atoms with Crippen molar-refractivity contribution in [2.24, 2.45) is 0 Å². The molecule has 26 heavy (non-hydrogen) atoms. The molecule has 0 radical (unpaired) electrons. The first-order chi connectivity index (χ1) is 12.1. The first-order valence-electron chi connectivity index (χ1n) is 8.41. The van der Waals surface area contributed by atoms with Crippen LogP contribution in [-0.2, 0) is 15.4 Å². The topological polar surface area (TPSA) is 101 Å². The van der Waals surface area contributed by atoms with E-state index in [1.54, 1.807) is 24.5 Å². The molecule has 3 rings (SSSR count). The van der Waals surface area contributed by atoms with Crippen molar-refractivity contribution >= 4 is 21.6 Å². The SMILES string of the molecule is CC(C)(C)c1ncc(NC(=O)c2cccc(S(=O)(=O)NC3CC3)c2)cn1. The van der Waals surface area contributed by atoms with Crippen molar-refractivity contribution in [1.29, 1.82) is 0 Å². The highest BCUT2D eigenvalue weighted by Gasteiger charge is 2.28. The summed E-state index contributed by atoms with van der Waals surface area (Å²) in [6.45, 7) is 6.01. The molecule has 1 aromatic heterocycles. The zero-order valence-corrected chi connectivity index (χ0v) is 15.8. The molecule has 8 heteroatoms. The summed E-state index contributed by atoms with van der Waals surface area (Å²) >= 11 is 0. The number of hydrogen-bond donors (Lipinski definition) is 2. The maximum atomic E-state index is 12.4. The summed E-state index contributed by atoms with van der Waals surface area (Å²) in [5.41, 5.74) is 0.524. The minimum atomic E-state index is -3.60. The second-order valence-electron chi connectivity index (χ2n) is 7.42. The standard InChI is InChI=1S/C18H22N4O3S/c1-18(2,3)17-19-10-14(11-20-17)21-16(23)12-5-4-6-15(9-12)26(24,25)22-13-7-8-13/h4-6,9-11,13,22H,7-8H2,1-3H3,(H,21,23). The third-order valence-corrected chi connectivity index (χ3v) is 5.40. The van der Waals surface area contributed by atoms with E-state index < -0.39 is 15.9 Å². The van der Waals surface area contributed by atoms with Crippen LogP contribution in [0.4, 0.5) is 5.69 Å². The van der Waals surface area contributed by atoms with Crippen LogP contribution in [0.1, 0.15) is 49.8 Å². The lowest BCUT2D eigenvalue weighted by Gasteiger charge is -2.16. The van der Waals surface area contributed by atoms with E-state index in [0.717, 1.165) is 12.8 Å². The summed E-state index contributed by atoms with van der Waals surface area (Å²) in [6, 6.07) is 5.97. The lowest BCUT2D eigenvalue weighted by atomic mass is 9.96. The summed E-state index contributed by atoms with van der Waals surface area (Å²) in [7, 11) is -3.60. The molecule has 138 valence electrons. The van der Waals surface area contributed by atoms with Crippen molar-refractivity contribution < 1.29 is 13.2 Å². The van der Waals surface area contributed by atoms with Gasteiger partial charge in [-0.15, -0.1) is 0 Å². The first kappa shape index (κ1) is 18.5. The lowest BCUT2D eigenvalue weighted by Crippen LogP contribution is -2.26. The third-order valence-electron chi connectivity index (χ3n) is 3.89. The molecule has 1 fully saturated rings. The predicted octanol–water partition coefficient (Wildman–Crippen LogP) is 2.47. The van der Waals surface area contributed by atoms with Crippen LogP contribution in [0.5, 0.6) is 0 Å². The van der Waals surface area contributed by atoms with Gasteiger partial charge in [-0.25, -0.2) is 23.1 Å². The second-order valence-corrected chi connectivity index (χ2v) is 9.14. The van der Waals surface area contributed by atoms with Gasteiger partial charge in [-0.05, 0) is 31.0 Å². The van der Waals surface area contributed by atoms with Crippen molar-refractivity contribution in [1.82, 2.24) is 14.7 Å². The Kier molecular flexibility index (Phi) is 4.81. The van der Waals surface area contributed by atoms with Gasteiger partial charge in [0.1, 0.15) is 5.82 Å². The lowest BCUT2D eigenvalue weighted by molar-refractivity contribution is 0.102. The molecule has 1 saturated carbocycles. The molecule has 0 bridgehead atoms. The van der Waals surface area contributed by atoms with Gasteiger partial charge < -0.3 is 5.32 Å². The molecule has 0 unspecified atom stereocenters. The molecular weight excluding hydrogens is 352 g/mol. The fourth-order valence-electron chi connectivity index (χ4n) is 2.28. The van der Waals surface area contributed by atoms with Crippen LogP contribution in [0.25, 0.3) is 0 Å². The smallest absolute Gasteiger partial charge is 0.255 e. The molecule has 0 atom stereocenters. The van der Waals surface area contributed by atoms with Crippen LogP contribution in [0.15, 0.2) is 41.6 Å². The zero-order chi connectivity index (χ0) is 18.9. The fourth-order valence-corrected chi connectivity index (χ4v) is 3.63. The molecule has 7 nitrogen and oxygen atoms in total. The summed E-state index contributed by atoms with van der Waals surface area (Å²) in [5.74, 6) is 0.260. The number of hydrogen-bond acceptors (Lipinski definition) is 5. The van der Waals surface area contributed by atoms with Gasteiger partial charge in [-0.2, -0.15) is 0 Å². The van der Waals surface area contributed by atoms with Gasteiger partial charge in [0.05, 0.1) is 23.0 Å². The van der Waals surface area contributed by atoms with E-state index in [0.29, 0.717) is 11.5 Å². The van der Waals surface area contributed by atoms with E-state index in [1.807, 2.05) is 20.8 Å². The molecule has 0 aliphatic heterocycles. The van der Waals surface area contributed by atoms with Crippen molar-refractivity contribution in [2.75, 3.05) is 5.32 Å². The van der Waals surface area contributed by atoms with Crippen LogP contribution >= 0.6 is 0 Å². The van der Waals surface area contributed by atoms with E-state index >= 15 is 0 Å². The van der Waals surface area contributed by atoms with E-state index in [2.05, 4.69) is 20.0 Å². The molecule has 0 spiro atoms. The van der Waals surface area contributed by atoms with Crippen LogP contribution < -0.4 is 10.0 Å². The monoisotopic (exact) mass is 374 g/mol. The van der Waals surface area contributed by atoms with Gasteiger partial charge in [-0.1, -0.05) is 26.8 Å². The number of aromatic nitrogens is 2. The van der Waals surface area contributed by atoms with Gasteiger partial charge >= 0.3 is 0 Å². The molecule has 2 N–H and O–H groups in total. The number of rotatable bonds is 5. The molecular formula is C18H22N4O3S. The molecule has 1 aliphatic rings. The minimum absolute atomic E-state index is 0.0102. The van der Waals surface area contributed by atoms with Crippen molar-refractivity contribution in [2.45, 2.75) is 50.0 Å². The van der Waals surface area contributed by atoms with E-state index in [4.69, 9.17) is 0 Å². The Hall–Kier alpha value is -2.32. The normalized spacial score (nSPS) is 14.9. The van der Waals surface area contributed by atoms with Gasteiger partial charge in [0.15, 0.2) is 0 Å². The molecule has 1 aliphatic carbocycles. The summed E-state index contributed by atoms with van der Waals surface area (Å²) in [5, 5.41) is 2.69. The Bertz CT molecular complexity index is 914. The predicted molar refractivity (Wildman–Crippen MR) is 98.5 cm³/mol. The molecule has 1 heterocycles. The highest BCUT2D eigenvalue weighted by molar-refractivity contribution is 7.89. The maximum Gasteiger partial charge on any atom is 0.255 e. The number of anilines is 1. The Labute approximate surface area is 153 Å². The van der Waals surface area contributed by atoms with Gasteiger partial charge in [0, 0.05) is 17.0 Å². The van der Waals surface area contributed by atoms with Gasteiger partial charge in [0.2, 0.25) is 10.0 Å². The number of benzene rings is 1. The van der Waals surface area contributed by atoms with Gasteiger partial charge in [0.25, 0.3) is 5.91 Å². The average molecular weight is 374 g/mol.